The van der Waals surface area contributed by atoms with Crippen LogP contribution in [0.5, 0.6) is 0 Å². The predicted molar refractivity (Wildman–Crippen MR) is 78.5 cm³/mol. The Balaban J connectivity index is 1.92. The number of nitrogens with one attached hydrogen (secondary N) is 1. The van der Waals surface area contributed by atoms with Gasteiger partial charge in [-0.05, 0) is 25.1 Å². The number of nitro groups is 1. The highest BCUT2D eigenvalue weighted by Gasteiger charge is 2.20. The first kappa shape index (κ1) is 16.2. The maximum Gasteiger partial charge on any atom is 0.339 e. The van der Waals surface area contributed by atoms with E-state index in [0.29, 0.717) is 5.76 Å². The molecule has 8 heteroatoms. The molecular weight excluding hydrogens is 304 g/mol. The van der Waals surface area contributed by atoms with Gasteiger partial charge in [0.05, 0.1) is 23.3 Å². The lowest BCUT2D eigenvalue weighted by Crippen LogP contribution is -2.35. The summed E-state index contributed by atoms with van der Waals surface area (Å²) in [6.07, 6.45) is 0.435. The zero-order valence-corrected chi connectivity index (χ0v) is 12.2. The first-order valence-corrected chi connectivity index (χ1v) is 6.73. The summed E-state index contributed by atoms with van der Waals surface area (Å²) in [7, 11) is 0. The van der Waals surface area contributed by atoms with Crippen molar-refractivity contribution in [3.05, 3.63) is 64.1 Å². The fourth-order valence-electron chi connectivity index (χ4n) is 1.76. The van der Waals surface area contributed by atoms with Gasteiger partial charge in [-0.15, -0.1) is 0 Å². The minimum absolute atomic E-state index is 0.00452. The second-order valence-corrected chi connectivity index (χ2v) is 4.65. The molecule has 1 heterocycles. The molecule has 1 aromatic heterocycles. The van der Waals surface area contributed by atoms with Crippen LogP contribution in [-0.4, -0.2) is 22.9 Å². The van der Waals surface area contributed by atoms with E-state index >= 15 is 0 Å². The van der Waals surface area contributed by atoms with Crippen LogP contribution < -0.4 is 5.32 Å². The Morgan fingerprint density at radius 3 is 2.78 bits per heavy atom. The van der Waals surface area contributed by atoms with Crippen molar-refractivity contribution in [1.82, 2.24) is 5.32 Å². The highest BCUT2D eigenvalue weighted by atomic mass is 16.6. The molecular formula is C15H14N2O6. The van der Waals surface area contributed by atoms with Crippen molar-refractivity contribution in [2.24, 2.45) is 0 Å². The second-order valence-electron chi connectivity index (χ2n) is 4.65. The maximum absolute atomic E-state index is 11.9. The van der Waals surface area contributed by atoms with Gasteiger partial charge in [-0.3, -0.25) is 14.9 Å². The average molecular weight is 318 g/mol. The third kappa shape index (κ3) is 4.40. The van der Waals surface area contributed by atoms with Gasteiger partial charge in [-0.1, -0.05) is 6.07 Å². The lowest BCUT2D eigenvalue weighted by Gasteiger charge is -2.12. The molecule has 0 aliphatic carbocycles. The molecule has 0 aliphatic heterocycles. The number of nitrogens with zero attached hydrogens (tertiary/aromatic N) is 1. The SMILES string of the molecule is C[C@H](OC(=O)c1cccc([N+](=O)[O-])c1)C(=O)NCc1ccco1. The lowest BCUT2D eigenvalue weighted by atomic mass is 10.2. The van der Waals surface area contributed by atoms with Crippen molar-refractivity contribution in [1.29, 1.82) is 0 Å². The van der Waals surface area contributed by atoms with E-state index in [4.69, 9.17) is 9.15 Å². The quantitative estimate of drug-likeness (QED) is 0.495. The van der Waals surface area contributed by atoms with Crippen molar-refractivity contribution in [2.75, 3.05) is 0 Å². The van der Waals surface area contributed by atoms with Gasteiger partial charge < -0.3 is 14.5 Å². The summed E-state index contributed by atoms with van der Waals surface area (Å²) in [4.78, 5) is 33.8. The van der Waals surface area contributed by atoms with Crippen LogP contribution in [0.1, 0.15) is 23.0 Å². The third-order valence-corrected chi connectivity index (χ3v) is 2.96. The fraction of sp³-hybridized carbons (Fsp3) is 0.200. The van der Waals surface area contributed by atoms with Gasteiger partial charge in [-0.25, -0.2) is 4.79 Å². The molecule has 1 N–H and O–H groups in total. The fourth-order valence-corrected chi connectivity index (χ4v) is 1.76. The monoisotopic (exact) mass is 318 g/mol. The molecule has 0 bridgehead atoms. The molecule has 0 unspecified atom stereocenters. The third-order valence-electron chi connectivity index (χ3n) is 2.96. The van der Waals surface area contributed by atoms with E-state index in [0.717, 1.165) is 6.07 Å². The molecule has 1 aromatic carbocycles. The van der Waals surface area contributed by atoms with E-state index in [9.17, 15) is 19.7 Å². The van der Waals surface area contributed by atoms with Crippen molar-refractivity contribution in [2.45, 2.75) is 19.6 Å². The summed E-state index contributed by atoms with van der Waals surface area (Å²) >= 11 is 0. The number of non-ortho nitro benzene ring substituents is 1. The zero-order chi connectivity index (χ0) is 16.8. The van der Waals surface area contributed by atoms with Gasteiger partial charge in [0.1, 0.15) is 5.76 Å². The maximum atomic E-state index is 11.9. The van der Waals surface area contributed by atoms with E-state index in [1.807, 2.05) is 0 Å². The van der Waals surface area contributed by atoms with Crippen LogP contribution in [0.2, 0.25) is 0 Å². The Bertz CT molecular complexity index is 711. The largest absolute Gasteiger partial charge is 0.467 e. The van der Waals surface area contributed by atoms with Gasteiger partial charge in [0, 0.05) is 12.1 Å². The van der Waals surface area contributed by atoms with E-state index in [2.05, 4.69) is 5.32 Å². The van der Waals surface area contributed by atoms with Crippen molar-refractivity contribution in [3.8, 4) is 0 Å². The topological polar surface area (TPSA) is 112 Å². The number of hydrogen-bond acceptors (Lipinski definition) is 6. The Morgan fingerprint density at radius 1 is 1.35 bits per heavy atom. The number of hydrogen-bond donors (Lipinski definition) is 1. The number of amides is 1. The van der Waals surface area contributed by atoms with Crippen LogP contribution in [0.25, 0.3) is 0 Å². The molecule has 1 atom stereocenters. The normalized spacial score (nSPS) is 11.5. The van der Waals surface area contributed by atoms with Crippen molar-refractivity contribution in [3.63, 3.8) is 0 Å². The number of carbonyl (C=O) groups is 2. The predicted octanol–water partition coefficient (Wildman–Crippen LogP) is 2.05. The number of furan rings is 1. The van der Waals surface area contributed by atoms with Gasteiger partial charge in [0.25, 0.3) is 11.6 Å². The summed E-state index contributed by atoms with van der Waals surface area (Å²) in [6.45, 7) is 1.58. The zero-order valence-electron chi connectivity index (χ0n) is 12.2. The number of benzene rings is 1. The van der Waals surface area contributed by atoms with Gasteiger partial charge in [0.2, 0.25) is 0 Å². The lowest BCUT2D eigenvalue weighted by molar-refractivity contribution is -0.384. The number of carbonyl (C=O) groups excluding carboxylic acids is 2. The molecule has 2 aromatic rings. The van der Waals surface area contributed by atoms with Crippen LogP contribution in [0.15, 0.2) is 47.1 Å². The van der Waals surface area contributed by atoms with Crippen LogP contribution in [0.4, 0.5) is 5.69 Å². The van der Waals surface area contributed by atoms with E-state index in [1.54, 1.807) is 12.1 Å². The first-order chi connectivity index (χ1) is 11.0. The van der Waals surface area contributed by atoms with Crippen LogP contribution in [0.3, 0.4) is 0 Å². The van der Waals surface area contributed by atoms with Crippen LogP contribution in [0, 0.1) is 10.1 Å². The van der Waals surface area contributed by atoms with E-state index in [-0.39, 0.29) is 17.8 Å². The Hall–Kier alpha value is -3.16. The molecule has 8 nitrogen and oxygen atoms in total. The molecule has 0 aliphatic rings. The molecule has 23 heavy (non-hydrogen) atoms. The summed E-state index contributed by atoms with van der Waals surface area (Å²) < 4.78 is 10.1. The summed E-state index contributed by atoms with van der Waals surface area (Å²) in [5.74, 6) is -0.745. The minimum atomic E-state index is -1.04. The molecule has 0 radical (unpaired) electrons. The summed E-state index contributed by atoms with van der Waals surface area (Å²) in [5, 5.41) is 13.2. The Labute approximate surface area is 131 Å². The molecule has 0 fully saturated rings. The van der Waals surface area contributed by atoms with Gasteiger partial charge >= 0.3 is 5.97 Å². The van der Waals surface area contributed by atoms with Gasteiger partial charge in [0.15, 0.2) is 6.10 Å². The smallest absolute Gasteiger partial charge is 0.339 e. The Morgan fingerprint density at radius 2 is 2.13 bits per heavy atom. The number of nitro benzene ring substituents is 1. The average Bonchev–Trinajstić information content (AvgIpc) is 3.06. The standard InChI is InChI=1S/C15H14N2O6/c1-10(14(18)16-9-13-6-3-7-22-13)23-15(19)11-4-2-5-12(8-11)17(20)21/h2-8,10H,9H2,1H3,(H,16,18)/t10-/m0/s1. The second kappa shape index (κ2) is 7.21. The molecule has 0 saturated heterocycles. The van der Waals surface area contributed by atoms with Crippen molar-refractivity contribution < 1.29 is 23.7 Å². The van der Waals surface area contributed by atoms with Crippen LogP contribution in [-0.2, 0) is 16.1 Å². The van der Waals surface area contributed by atoms with Crippen molar-refractivity contribution >= 4 is 17.6 Å². The van der Waals surface area contributed by atoms with E-state index in [1.165, 1.54) is 31.4 Å². The van der Waals surface area contributed by atoms with Crippen LogP contribution >= 0.6 is 0 Å². The first-order valence-electron chi connectivity index (χ1n) is 6.73. The van der Waals surface area contributed by atoms with Gasteiger partial charge in [-0.2, -0.15) is 0 Å². The molecule has 1 amide bonds. The minimum Gasteiger partial charge on any atom is -0.467 e. The molecule has 2 rings (SSSR count). The number of rotatable bonds is 6. The van der Waals surface area contributed by atoms with E-state index < -0.39 is 22.9 Å². The Kier molecular flexibility index (Phi) is 5.08. The number of ether oxygens (including phenoxy) is 1. The molecule has 0 spiro atoms. The highest BCUT2D eigenvalue weighted by Crippen LogP contribution is 2.14. The molecule has 120 valence electrons. The highest BCUT2D eigenvalue weighted by molar-refractivity contribution is 5.92. The summed E-state index contributed by atoms with van der Waals surface area (Å²) in [6, 6.07) is 8.48. The summed E-state index contributed by atoms with van der Waals surface area (Å²) in [5.41, 5.74) is -0.223. The molecule has 0 saturated carbocycles. The number of esters is 1.